The van der Waals surface area contributed by atoms with Crippen LogP contribution >= 0.6 is 0 Å². The van der Waals surface area contributed by atoms with Crippen molar-refractivity contribution in [2.45, 2.75) is 45.4 Å². The van der Waals surface area contributed by atoms with Gasteiger partial charge in [0.1, 0.15) is 0 Å². The van der Waals surface area contributed by atoms with Crippen molar-refractivity contribution in [1.29, 1.82) is 0 Å². The van der Waals surface area contributed by atoms with Gasteiger partial charge in [-0.05, 0) is 33.2 Å². The zero-order chi connectivity index (χ0) is 14.1. The van der Waals surface area contributed by atoms with E-state index < -0.39 is 21.2 Å². The second-order valence-electron chi connectivity index (χ2n) is 4.00. The lowest BCUT2D eigenvalue weighted by molar-refractivity contribution is -0.198. The monoisotopic (exact) mass is 281 g/mol. The minimum absolute atomic E-state index is 0.265. The normalized spacial score (nSPS) is 15.7. The number of hydrogen-bond acceptors (Lipinski definition) is 6. The van der Waals surface area contributed by atoms with Crippen LogP contribution < -0.4 is 5.73 Å². The van der Waals surface area contributed by atoms with E-state index in [2.05, 4.69) is 0 Å². The molecule has 0 heterocycles. The number of aliphatic hydroxyl groups is 2. The maximum atomic E-state index is 10.1. The summed E-state index contributed by atoms with van der Waals surface area (Å²) < 4.78 is 16.9. The molecule has 1 atom stereocenters. The van der Waals surface area contributed by atoms with Gasteiger partial charge in [-0.3, -0.25) is 0 Å². The molecule has 4 N–H and O–H groups in total. The third kappa shape index (κ3) is 5.74. The molecule has 0 saturated heterocycles. The second-order valence-corrected chi connectivity index (χ2v) is 6.65. The molecule has 0 bridgehead atoms. The van der Waals surface area contributed by atoms with E-state index >= 15 is 0 Å². The summed E-state index contributed by atoms with van der Waals surface area (Å²) in [6, 6.07) is 0.535. The van der Waals surface area contributed by atoms with Crippen molar-refractivity contribution in [3.63, 3.8) is 0 Å². The van der Waals surface area contributed by atoms with E-state index in [9.17, 15) is 10.2 Å². The molecule has 0 aromatic heterocycles. The first-order chi connectivity index (χ1) is 8.51. The highest BCUT2D eigenvalue weighted by Gasteiger charge is 2.46. The van der Waals surface area contributed by atoms with Crippen LogP contribution in [0, 0.1) is 0 Å². The van der Waals surface area contributed by atoms with Gasteiger partial charge < -0.3 is 29.2 Å². The molecular weight excluding hydrogens is 254 g/mol. The molecule has 7 heteroatoms. The van der Waals surface area contributed by atoms with Gasteiger partial charge in [-0.2, -0.15) is 0 Å². The van der Waals surface area contributed by atoms with Gasteiger partial charge in [-0.25, -0.2) is 0 Å². The predicted octanol–water partition coefficient (Wildman–Crippen LogP) is 0.455. The zero-order valence-corrected chi connectivity index (χ0v) is 12.6. The van der Waals surface area contributed by atoms with Gasteiger partial charge in [0.15, 0.2) is 5.79 Å². The molecule has 0 spiro atoms. The largest absolute Gasteiger partial charge is 0.503 e. The summed E-state index contributed by atoms with van der Waals surface area (Å²) in [7, 11) is -2.98. The first-order valence-electron chi connectivity index (χ1n) is 6.52. The van der Waals surface area contributed by atoms with Crippen LogP contribution in [-0.2, 0) is 13.3 Å². The highest BCUT2D eigenvalue weighted by Crippen LogP contribution is 2.25. The maximum Gasteiger partial charge on any atom is 0.503 e. The van der Waals surface area contributed by atoms with Crippen LogP contribution in [0.2, 0.25) is 6.04 Å². The van der Waals surface area contributed by atoms with Crippen molar-refractivity contribution >= 4 is 8.80 Å². The Bertz CT molecular complexity index is 208. The summed E-state index contributed by atoms with van der Waals surface area (Å²) in [6.07, 6.45) is 0.957. The van der Waals surface area contributed by atoms with Gasteiger partial charge in [0.2, 0.25) is 0 Å². The van der Waals surface area contributed by atoms with Gasteiger partial charge in [0.25, 0.3) is 0 Å². The van der Waals surface area contributed by atoms with Crippen molar-refractivity contribution in [3.05, 3.63) is 0 Å². The van der Waals surface area contributed by atoms with Crippen LogP contribution in [0.1, 0.15) is 33.6 Å². The second kappa shape index (κ2) is 8.97. The average Bonchev–Trinajstić information content (AvgIpc) is 2.37. The highest BCUT2D eigenvalue weighted by atomic mass is 28.4. The summed E-state index contributed by atoms with van der Waals surface area (Å²) in [6.45, 7) is 6.30. The average molecular weight is 281 g/mol. The van der Waals surface area contributed by atoms with Gasteiger partial charge in [0, 0.05) is 19.3 Å². The van der Waals surface area contributed by atoms with E-state index in [0.717, 1.165) is 0 Å². The van der Waals surface area contributed by atoms with Crippen LogP contribution in [0.3, 0.4) is 0 Å². The smallest absolute Gasteiger partial charge is 0.391 e. The minimum Gasteiger partial charge on any atom is -0.391 e. The molecule has 0 radical (unpaired) electrons. The molecule has 18 heavy (non-hydrogen) atoms. The SMILES string of the molecule is CCO[Si](CCCN)(OCC)OC(O)(CC)CO. The third-order valence-corrected chi connectivity index (χ3v) is 5.67. The van der Waals surface area contributed by atoms with Crippen molar-refractivity contribution in [3.8, 4) is 0 Å². The van der Waals surface area contributed by atoms with E-state index in [4.69, 9.17) is 19.0 Å². The molecule has 1 unspecified atom stereocenters. The van der Waals surface area contributed by atoms with Crippen LogP contribution in [0.15, 0.2) is 0 Å². The van der Waals surface area contributed by atoms with Crippen LogP contribution in [0.4, 0.5) is 0 Å². The van der Waals surface area contributed by atoms with Crippen molar-refractivity contribution in [2.24, 2.45) is 5.73 Å². The Kier molecular flexibility index (Phi) is 8.96. The van der Waals surface area contributed by atoms with E-state index in [-0.39, 0.29) is 6.42 Å². The Balaban J connectivity index is 4.89. The first-order valence-corrected chi connectivity index (χ1v) is 8.46. The highest BCUT2D eigenvalue weighted by molar-refractivity contribution is 6.60. The lowest BCUT2D eigenvalue weighted by Gasteiger charge is -2.36. The fraction of sp³-hybridized carbons (Fsp3) is 1.00. The van der Waals surface area contributed by atoms with Gasteiger partial charge in [-0.15, -0.1) is 0 Å². The molecular formula is C11H27NO5Si. The van der Waals surface area contributed by atoms with Crippen molar-refractivity contribution < 1.29 is 23.5 Å². The quantitative estimate of drug-likeness (QED) is 0.376. The third-order valence-electron chi connectivity index (χ3n) is 2.56. The Morgan fingerprint density at radius 2 is 1.72 bits per heavy atom. The van der Waals surface area contributed by atoms with Gasteiger partial charge >= 0.3 is 8.80 Å². The number of aliphatic hydroxyl groups excluding tert-OH is 1. The van der Waals surface area contributed by atoms with Crippen LogP contribution in [0.5, 0.6) is 0 Å². The molecule has 0 aliphatic heterocycles. The molecule has 0 rings (SSSR count). The molecule has 110 valence electrons. The standard InChI is InChI=1S/C11H27NO5Si/c1-4-11(14,10-13)17-18(15-5-2,16-6-3)9-7-8-12/h13-14H,4-10,12H2,1-3H3. The molecule has 6 nitrogen and oxygen atoms in total. The Morgan fingerprint density at radius 3 is 2.06 bits per heavy atom. The fourth-order valence-corrected chi connectivity index (χ4v) is 4.46. The molecule has 0 aromatic rings. The van der Waals surface area contributed by atoms with E-state index in [0.29, 0.717) is 32.2 Å². The molecule has 0 saturated carbocycles. The lowest BCUT2D eigenvalue weighted by atomic mass is 10.2. The molecule has 0 aliphatic carbocycles. The topological polar surface area (TPSA) is 94.2 Å². The summed E-state index contributed by atoms with van der Waals surface area (Å²) >= 11 is 0. The van der Waals surface area contributed by atoms with Gasteiger partial charge in [-0.1, -0.05) is 6.92 Å². The minimum atomic E-state index is -2.98. The summed E-state index contributed by atoms with van der Waals surface area (Å²) in [4.78, 5) is 0. The Hall–Kier alpha value is -0.0231. The van der Waals surface area contributed by atoms with E-state index in [1.807, 2.05) is 13.8 Å². The van der Waals surface area contributed by atoms with Crippen molar-refractivity contribution in [1.82, 2.24) is 0 Å². The number of hydrogen-bond donors (Lipinski definition) is 3. The maximum absolute atomic E-state index is 10.1. The lowest BCUT2D eigenvalue weighted by Crippen LogP contribution is -2.54. The summed E-state index contributed by atoms with van der Waals surface area (Å²) in [5.41, 5.74) is 5.50. The van der Waals surface area contributed by atoms with Crippen LogP contribution in [0.25, 0.3) is 0 Å². The zero-order valence-electron chi connectivity index (χ0n) is 11.6. The molecule has 0 amide bonds. The fourth-order valence-electron chi connectivity index (χ4n) is 1.56. The summed E-state index contributed by atoms with van der Waals surface area (Å²) in [5, 5.41) is 19.3. The first kappa shape index (κ1) is 18.0. The Morgan fingerprint density at radius 1 is 1.17 bits per heavy atom. The molecule has 0 aliphatic rings. The van der Waals surface area contributed by atoms with Gasteiger partial charge in [0.05, 0.1) is 6.61 Å². The Labute approximate surface area is 110 Å². The summed E-state index contributed by atoms with van der Waals surface area (Å²) in [5.74, 6) is -1.61. The predicted molar refractivity (Wildman–Crippen MR) is 70.9 cm³/mol. The molecule has 0 aromatic carbocycles. The van der Waals surface area contributed by atoms with E-state index in [1.165, 1.54) is 0 Å². The number of nitrogens with two attached hydrogens (primary N) is 1. The number of rotatable bonds is 11. The van der Waals surface area contributed by atoms with Crippen molar-refractivity contribution in [2.75, 3.05) is 26.4 Å². The van der Waals surface area contributed by atoms with Crippen LogP contribution in [-0.4, -0.2) is 51.2 Å². The van der Waals surface area contributed by atoms with E-state index in [1.54, 1.807) is 6.92 Å². The molecule has 0 fully saturated rings.